The normalized spacial score (nSPS) is 33.7. The predicted molar refractivity (Wildman–Crippen MR) is 168 cm³/mol. The van der Waals surface area contributed by atoms with Gasteiger partial charge < -0.3 is 19.6 Å². The monoisotopic (exact) mass is 606 g/mol. The van der Waals surface area contributed by atoms with Crippen LogP contribution in [0.3, 0.4) is 0 Å². The van der Waals surface area contributed by atoms with E-state index >= 15 is 0 Å². The van der Waals surface area contributed by atoms with Gasteiger partial charge in [-0.05, 0) is 110 Å². The number of ether oxygens (including phenoxy) is 2. The Morgan fingerprint density at radius 2 is 1.75 bits per heavy atom. The van der Waals surface area contributed by atoms with Crippen molar-refractivity contribution in [3.05, 3.63) is 47.5 Å². The van der Waals surface area contributed by atoms with Gasteiger partial charge in [0.25, 0.3) is 0 Å². The number of carbonyl (C=O) groups is 3. The number of hydrogen-bond donors (Lipinski definition) is 1. The molecule has 8 heteroatoms. The van der Waals surface area contributed by atoms with Crippen molar-refractivity contribution in [3.63, 3.8) is 0 Å². The summed E-state index contributed by atoms with van der Waals surface area (Å²) >= 11 is 0. The Hall–Kier alpha value is -3.16. The van der Waals surface area contributed by atoms with Gasteiger partial charge in [0.1, 0.15) is 18.8 Å². The average molecular weight is 607 g/mol. The number of allylic oxidation sites excluding steroid dienone is 2. The average Bonchev–Trinajstić information content (AvgIpc) is 3.35. The summed E-state index contributed by atoms with van der Waals surface area (Å²) in [5.41, 5.74) is 3.08. The molecule has 0 heterocycles. The van der Waals surface area contributed by atoms with Crippen LogP contribution in [0, 0.1) is 40.4 Å². The Morgan fingerprint density at radius 3 is 2.45 bits per heavy atom. The second-order valence-electron chi connectivity index (χ2n) is 14.5. The molecule has 1 aromatic carbocycles. The van der Waals surface area contributed by atoms with E-state index in [2.05, 4.69) is 30.4 Å². The van der Waals surface area contributed by atoms with Gasteiger partial charge in [0, 0.05) is 6.92 Å². The maximum Gasteiger partial charge on any atom is 0.408 e. The molecule has 5 rings (SSSR count). The molecule has 3 fully saturated rings. The van der Waals surface area contributed by atoms with Crippen molar-refractivity contribution in [2.75, 3.05) is 0 Å². The van der Waals surface area contributed by atoms with E-state index < -0.39 is 18.1 Å². The third-order valence-electron chi connectivity index (χ3n) is 11.6. The van der Waals surface area contributed by atoms with Crippen LogP contribution in [0.2, 0.25) is 0 Å². The number of rotatable bonds is 8. The van der Waals surface area contributed by atoms with Crippen LogP contribution in [-0.4, -0.2) is 35.9 Å². The van der Waals surface area contributed by atoms with Crippen LogP contribution in [0.25, 0.3) is 0 Å². The molecular weight excluding hydrogens is 556 g/mol. The van der Waals surface area contributed by atoms with Crippen LogP contribution in [-0.2, 0) is 30.5 Å². The molecule has 0 radical (unpaired) electrons. The first-order valence-corrected chi connectivity index (χ1v) is 16.5. The van der Waals surface area contributed by atoms with Gasteiger partial charge >= 0.3 is 18.0 Å². The quantitative estimate of drug-likeness (QED) is 0.143. The van der Waals surface area contributed by atoms with Crippen molar-refractivity contribution in [3.8, 4) is 0 Å². The molecule has 0 spiro atoms. The van der Waals surface area contributed by atoms with Crippen LogP contribution >= 0.6 is 0 Å². The number of nitrogens with zero attached hydrogens (tertiary/aromatic N) is 1. The summed E-state index contributed by atoms with van der Waals surface area (Å²) in [5, 5.41) is 6.98. The van der Waals surface area contributed by atoms with Crippen molar-refractivity contribution in [1.82, 2.24) is 5.32 Å². The number of oxime groups is 1. The number of nitrogens with one attached hydrogen (secondary N) is 1. The van der Waals surface area contributed by atoms with Gasteiger partial charge in [0.05, 0.1) is 5.71 Å². The van der Waals surface area contributed by atoms with E-state index in [4.69, 9.17) is 14.3 Å². The smallest absolute Gasteiger partial charge is 0.408 e. The first-order chi connectivity index (χ1) is 20.9. The predicted octanol–water partition coefficient (Wildman–Crippen LogP) is 7.37. The van der Waals surface area contributed by atoms with E-state index in [1.807, 2.05) is 51.1 Å². The summed E-state index contributed by atoms with van der Waals surface area (Å²) in [4.78, 5) is 42.6. The maximum atomic E-state index is 13.1. The molecule has 0 aliphatic heterocycles. The highest BCUT2D eigenvalue weighted by Crippen LogP contribution is 2.66. The number of benzene rings is 1. The highest BCUT2D eigenvalue weighted by atomic mass is 16.7. The first-order valence-electron chi connectivity index (χ1n) is 16.5. The van der Waals surface area contributed by atoms with Crippen LogP contribution in [0.4, 0.5) is 4.79 Å². The van der Waals surface area contributed by atoms with Gasteiger partial charge in [0.15, 0.2) is 0 Å². The summed E-state index contributed by atoms with van der Waals surface area (Å²) < 4.78 is 11.0. The minimum atomic E-state index is -0.877. The molecule has 1 amide bonds. The van der Waals surface area contributed by atoms with Crippen molar-refractivity contribution in [1.29, 1.82) is 0 Å². The van der Waals surface area contributed by atoms with Gasteiger partial charge in [0.2, 0.25) is 0 Å². The Balaban J connectivity index is 1.19. The fourth-order valence-electron chi connectivity index (χ4n) is 9.30. The third kappa shape index (κ3) is 6.45. The van der Waals surface area contributed by atoms with E-state index in [1.54, 1.807) is 0 Å². The van der Waals surface area contributed by atoms with E-state index in [9.17, 15) is 14.4 Å². The van der Waals surface area contributed by atoms with Crippen LogP contribution < -0.4 is 5.32 Å². The Kier molecular flexibility index (Phi) is 9.57. The number of carbonyl (C=O) groups excluding carboxylic acids is 3. The second kappa shape index (κ2) is 13.1. The first kappa shape index (κ1) is 32.2. The molecule has 8 nitrogen and oxygen atoms in total. The molecular formula is C36H50N2O6. The minimum absolute atomic E-state index is 0.00373. The van der Waals surface area contributed by atoms with Gasteiger partial charge in [-0.2, -0.15) is 0 Å². The topological polar surface area (TPSA) is 103 Å². The summed E-state index contributed by atoms with van der Waals surface area (Å²) in [6.07, 6.45) is 10.5. The lowest BCUT2D eigenvalue weighted by atomic mass is 9.44. The SMILES string of the molecule is CC(=O)O[C@H]1CC[C@@]2(C)[C@@H](CC[C@@H]3[C@@H]2CC[C@]2(C)C(/C(C)=N/OC(=O)[C@@H](NC(=O)OCc4ccccc4)C(C)C)=CC[C@@H]32)C1. The summed E-state index contributed by atoms with van der Waals surface area (Å²) in [5.74, 6) is 1.53. The lowest BCUT2D eigenvalue weighted by Gasteiger charge is -2.60. The van der Waals surface area contributed by atoms with Gasteiger partial charge in [-0.3, -0.25) is 4.79 Å². The largest absolute Gasteiger partial charge is 0.463 e. The maximum absolute atomic E-state index is 13.1. The van der Waals surface area contributed by atoms with Crippen molar-refractivity contribution in [2.24, 2.45) is 45.6 Å². The van der Waals surface area contributed by atoms with E-state index in [-0.39, 0.29) is 30.0 Å². The molecule has 1 N–H and O–H groups in total. The molecule has 240 valence electrons. The summed E-state index contributed by atoms with van der Waals surface area (Å²) in [7, 11) is 0. The van der Waals surface area contributed by atoms with Gasteiger partial charge in [-0.1, -0.05) is 69.3 Å². The number of esters is 1. The second-order valence-corrected chi connectivity index (χ2v) is 14.5. The standard InChI is InChI=1S/C36H50N2O6/c1-22(2)32(37-34(41)42-21-25-10-8-7-9-11-25)33(40)44-38-23(3)29-14-15-30-28-13-12-26-20-27(43-24(4)39)16-18-35(26,5)31(28)17-19-36(29,30)6/h7-11,14,22,26-28,30-32H,12-13,15-21H2,1-6H3,(H,37,41)/b38-23+/t26-,27-,28-,30-,31-,32-,35-,36+/m0/s1. The molecule has 0 saturated heterocycles. The van der Waals surface area contributed by atoms with Gasteiger partial charge in [-0.25, -0.2) is 9.59 Å². The lowest BCUT2D eigenvalue weighted by molar-refractivity contribution is -0.158. The molecule has 44 heavy (non-hydrogen) atoms. The van der Waals surface area contributed by atoms with Crippen LogP contribution in [0.15, 0.2) is 47.1 Å². The molecule has 1 aromatic rings. The van der Waals surface area contributed by atoms with Crippen molar-refractivity contribution < 1.29 is 28.7 Å². The highest BCUT2D eigenvalue weighted by Gasteiger charge is 2.59. The summed E-state index contributed by atoms with van der Waals surface area (Å²) in [6, 6.07) is 8.52. The molecule has 8 atom stereocenters. The van der Waals surface area contributed by atoms with E-state index in [1.165, 1.54) is 31.8 Å². The fourth-order valence-corrected chi connectivity index (χ4v) is 9.30. The fraction of sp³-hybridized carbons (Fsp3) is 0.667. The number of amides is 1. The number of alkyl carbamates (subject to hydrolysis) is 1. The number of fused-ring (bicyclic) bond motifs is 5. The molecule has 0 aromatic heterocycles. The van der Waals surface area contributed by atoms with Crippen LogP contribution in [0.1, 0.15) is 98.5 Å². The Bertz CT molecular complexity index is 1290. The Morgan fingerprint density at radius 1 is 1.00 bits per heavy atom. The van der Waals surface area contributed by atoms with E-state index in [0.29, 0.717) is 29.1 Å². The molecule has 0 unspecified atom stereocenters. The summed E-state index contributed by atoms with van der Waals surface area (Å²) in [6.45, 7) is 12.2. The zero-order valence-electron chi connectivity index (χ0n) is 27.3. The van der Waals surface area contributed by atoms with Gasteiger partial charge in [-0.15, -0.1) is 0 Å². The molecule has 4 aliphatic rings. The zero-order chi connectivity index (χ0) is 31.6. The lowest BCUT2D eigenvalue weighted by Crippen LogP contribution is -2.54. The Labute approximate surface area is 262 Å². The van der Waals surface area contributed by atoms with E-state index in [0.717, 1.165) is 43.4 Å². The minimum Gasteiger partial charge on any atom is -0.463 e. The molecule has 4 aliphatic carbocycles. The number of hydrogen-bond acceptors (Lipinski definition) is 7. The molecule has 3 saturated carbocycles. The van der Waals surface area contributed by atoms with Crippen molar-refractivity contribution in [2.45, 2.75) is 112 Å². The zero-order valence-corrected chi connectivity index (χ0v) is 27.3. The van der Waals surface area contributed by atoms with Crippen LogP contribution in [0.5, 0.6) is 0 Å². The third-order valence-corrected chi connectivity index (χ3v) is 11.6. The van der Waals surface area contributed by atoms with Crippen molar-refractivity contribution >= 4 is 23.7 Å². The highest BCUT2D eigenvalue weighted by molar-refractivity contribution is 6.00. The molecule has 0 bridgehead atoms.